The van der Waals surface area contributed by atoms with Gasteiger partial charge in [0.05, 0.1) is 13.7 Å². The van der Waals surface area contributed by atoms with Crippen LogP contribution in [0.4, 0.5) is 0 Å². The van der Waals surface area contributed by atoms with Crippen LogP contribution in [0, 0.1) is 0 Å². The average molecular weight is 439 g/mol. The van der Waals surface area contributed by atoms with E-state index < -0.39 is 10.0 Å². The SMILES string of the molecule is CCC(=O)N[C@H](C)Cc1ccc(OC)c(S(N)(=O)=O)c1.CCOc1ccccc1O. The van der Waals surface area contributed by atoms with Gasteiger partial charge in [0.25, 0.3) is 0 Å². The Morgan fingerprint density at radius 1 is 1.17 bits per heavy atom. The van der Waals surface area contributed by atoms with Crippen LogP contribution < -0.4 is 19.9 Å². The Morgan fingerprint density at radius 2 is 1.83 bits per heavy atom. The second-order valence-electron chi connectivity index (χ2n) is 6.46. The van der Waals surface area contributed by atoms with Crippen molar-refractivity contribution in [3.8, 4) is 17.2 Å². The van der Waals surface area contributed by atoms with Gasteiger partial charge >= 0.3 is 0 Å². The van der Waals surface area contributed by atoms with Gasteiger partial charge in [-0.25, -0.2) is 13.6 Å². The quantitative estimate of drug-likeness (QED) is 0.581. The molecule has 166 valence electrons. The molecule has 2 aromatic carbocycles. The number of aromatic hydroxyl groups is 1. The van der Waals surface area contributed by atoms with E-state index in [0.29, 0.717) is 25.2 Å². The number of phenolic OH excluding ortho intramolecular Hbond substituents is 1. The Morgan fingerprint density at radius 3 is 2.37 bits per heavy atom. The van der Waals surface area contributed by atoms with Crippen LogP contribution in [-0.2, 0) is 21.2 Å². The normalized spacial score (nSPS) is 11.6. The van der Waals surface area contributed by atoms with Crippen molar-refractivity contribution in [2.24, 2.45) is 5.14 Å². The molecule has 0 aliphatic rings. The standard InChI is InChI=1S/C13H20N2O4S.C8H10O2/c1-4-13(16)15-9(2)7-10-5-6-11(19-3)12(8-10)20(14,17)18;1-2-10-8-6-4-3-5-7(8)9/h5-6,8-9H,4,7H2,1-3H3,(H,15,16)(H2,14,17,18);3-6,9H,2H2,1H3/t9-;/m1./s1. The molecule has 1 atom stereocenters. The summed E-state index contributed by atoms with van der Waals surface area (Å²) < 4.78 is 33.1. The van der Waals surface area contributed by atoms with E-state index in [-0.39, 0.29) is 28.3 Å². The van der Waals surface area contributed by atoms with Crippen LogP contribution >= 0.6 is 0 Å². The molecule has 0 bridgehead atoms. The highest BCUT2D eigenvalue weighted by molar-refractivity contribution is 7.89. The minimum absolute atomic E-state index is 0.0438. The van der Waals surface area contributed by atoms with Gasteiger partial charge in [0.15, 0.2) is 11.5 Å². The van der Waals surface area contributed by atoms with Gasteiger partial charge in [0.2, 0.25) is 15.9 Å². The molecule has 0 saturated heterocycles. The molecular formula is C21H30N2O6S. The number of sulfonamides is 1. The summed E-state index contributed by atoms with van der Waals surface area (Å²) in [5.74, 6) is 0.911. The largest absolute Gasteiger partial charge is 0.504 e. The van der Waals surface area contributed by atoms with Crippen LogP contribution in [0.1, 0.15) is 32.8 Å². The highest BCUT2D eigenvalue weighted by atomic mass is 32.2. The van der Waals surface area contributed by atoms with Gasteiger partial charge in [-0.05, 0) is 50.1 Å². The number of hydrogen-bond acceptors (Lipinski definition) is 6. The number of carbonyl (C=O) groups is 1. The maximum atomic E-state index is 11.5. The molecule has 0 radical (unpaired) electrons. The van der Waals surface area contributed by atoms with E-state index in [1.165, 1.54) is 13.2 Å². The number of methoxy groups -OCH3 is 1. The fourth-order valence-electron chi connectivity index (χ4n) is 2.59. The fourth-order valence-corrected chi connectivity index (χ4v) is 3.33. The number of rotatable bonds is 8. The molecule has 0 saturated carbocycles. The lowest BCUT2D eigenvalue weighted by Crippen LogP contribution is -2.33. The smallest absolute Gasteiger partial charge is 0.241 e. The number of primary sulfonamides is 1. The maximum Gasteiger partial charge on any atom is 0.241 e. The molecule has 4 N–H and O–H groups in total. The molecule has 0 fully saturated rings. The predicted octanol–water partition coefficient (Wildman–Crippen LogP) is 2.59. The van der Waals surface area contributed by atoms with E-state index in [1.54, 1.807) is 37.3 Å². The summed E-state index contributed by atoms with van der Waals surface area (Å²) in [4.78, 5) is 11.2. The van der Waals surface area contributed by atoms with Gasteiger partial charge in [0.1, 0.15) is 10.6 Å². The summed E-state index contributed by atoms with van der Waals surface area (Å²) >= 11 is 0. The Kier molecular flexibility index (Phi) is 10.1. The summed E-state index contributed by atoms with van der Waals surface area (Å²) in [6.45, 7) is 6.09. The van der Waals surface area contributed by atoms with Gasteiger partial charge < -0.3 is 19.9 Å². The van der Waals surface area contributed by atoms with Crippen LogP contribution in [0.3, 0.4) is 0 Å². The number of ether oxygens (including phenoxy) is 2. The van der Waals surface area contributed by atoms with E-state index >= 15 is 0 Å². The molecule has 0 heterocycles. The average Bonchev–Trinajstić information content (AvgIpc) is 2.69. The van der Waals surface area contributed by atoms with Crippen molar-refractivity contribution >= 4 is 15.9 Å². The highest BCUT2D eigenvalue weighted by Crippen LogP contribution is 2.24. The number of para-hydroxylation sites is 2. The second-order valence-corrected chi connectivity index (χ2v) is 7.99. The van der Waals surface area contributed by atoms with Crippen LogP contribution in [0.25, 0.3) is 0 Å². The van der Waals surface area contributed by atoms with Gasteiger partial charge in [-0.1, -0.05) is 25.1 Å². The van der Waals surface area contributed by atoms with Crippen LogP contribution in [0.15, 0.2) is 47.4 Å². The number of benzene rings is 2. The zero-order chi connectivity index (χ0) is 22.7. The molecule has 0 aromatic heterocycles. The molecule has 0 aliphatic heterocycles. The third-order valence-electron chi connectivity index (χ3n) is 3.97. The minimum atomic E-state index is -3.84. The van der Waals surface area contributed by atoms with Crippen LogP contribution in [0.2, 0.25) is 0 Å². The van der Waals surface area contributed by atoms with Crippen molar-refractivity contribution in [3.05, 3.63) is 48.0 Å². The summed E-state index contributed by atoms with van der Waals surface area (Å²) in [6, 6.07) is 11.6. The van der Waals surface area contributed by atoms with Crippen LogP contribution in [0.5, 0.6) is 17.2 Å². The number of phenols is 1. The first-order valence-electron chi connectivity index (χ1n) is 9.52. The third-order valence-corrected chi connectivity index (χ3v) is 4.90. The number of nitrogens with two attached hydrogens (primary N) is 1. The molecule has 30 heavy (non-hydrogen) atoms. The van der Waals surface area contributed by atoms with Crippen molar-refractivity contribution in [3.63, 3.8) is 0 Å². The van der Waals surface area contributed by atoms with Crippen LogP contribution in [-0.4, -0.2) is 39.2 Å². The van der Waals surface area contributed by atoms with Gasteiger partial charge in [-0.2, -0.15) is 0 Å². The number of hydrogen-bond donors (Lipinski definition) is 3. The van der Waals surface area contributed by atoms with E-state index in [0.717, 1.165) is 5.56 Å². The van der Waals surface area contributed by atoms with Gasteiger partial charge in [-0.15, -0.1) is 0 Å². The number of carbonyl (C=O) groups excluding carboxylic acids is 1. The van der Waals surface area contributed by atoms with Crippen molar-refractivity contribution in [2.45, 2.75) is 44.6 Å². The van der Waals surface area contributed by atoms with Crippen molar-refractivity contribution in [1.82, 2.24) is 5.32 Å². The minimum Gasteiger partial charge on any atom is -0.504 e. The molecule has 0 unspecified atom stereocenters. The first-order chi connectivity index (χ1) is 14.1. The summed E-state index contributed by atoms with van der Waals surface area (Å²) in [7, 11) is -2.46. The van der Waals surface area contributed by atoms with E-state index in [1.807, 2.05) is 19.9 Å². The van der Waals surface area contributed by atoms with Crippen molar-refractivity contribution < 1.29 is 27.8 Å². The first-order valence-corrected chi connectivity index (χ1v) is 11.1. The zero-order valence-electron chi connectivity index (χ0n) is 17.7. The monoisotopic (exact) mass is 438 g/mol. The van der Waals surface area contributed by atoms with E-state index in [4.69, 9.17) is 19.7 Å². The molecule has 0 aliphatic carbocycles. The van der Waals surface area contributed by atoms with Gasteiger partial charge in [0, 0.05) is 12.5 Å². The predicted molar refractivity (Wildman–Crippen MR) is 115 cm³/mol. The second kappa shape index (κ2) is 12.0. The molecule has 0 spiro atoms. The lowest BCUT2D eigenvalue weighted by atomic mass is 10.1. The third kappa shape index (κ3) is 8.30. The fraction of sp³-hybridized carbons (Fsp3) is 0.381. The van der Waals surface area contributed by atoms with Crippen molar-refractivity contribution in [1.29, 1.82) is 0 Å². The lowest BCUT2D eigenvalue weighted by molar-refractivity contribution is -0.121. The Bertz CT molecular complexity index is 931. The molecular weight excluding hydrogens is 408 g/mol. The molecule has 1 amide bonds. The highest BCUT2D eigenvalue weighted by Gasteiger charge is 2.16. The Balaban J connectivity index is 0.000000375. The lowest BCUT2D eigenvalue weighted by Gasteiger charge is -2.15. The molecule has 2 rings (SSSR count). The summed E-state index contributed by atoms with van der Waals surface area (Å²) in [5, 5.41) is 17.1. The van der Waals surface area contributed by atoms with Crippen molar-refractivity contribution in [2.75, 3.05) is 13.7 Å². The number of nitrogens with one attached hydrogen (secondary N) is 1. The summed E-state index contributed by atoms with van der Waals surface area (Å²) in [5.41, 5.74) is 0.763. The van der Waals surface area contributed by atoms with Gasteiger partial charge in [-0.3, -0.25) is 4.79 Å². The topological polar surface area (TPSA) is 128 Å². The summed E-state index contributed by atoms with van der Waals surface area (Å²) in [6.07, 6.45) is 0.924. The van der Waals surface area contributed by atoms with E-state index in [2.05, 4.69) is 5.32 Å². The first kappa shape index (κ1) is 25.3. The molecule has 9 heteroatoms. The zero-order valence-corrected chi connectivity index (χ0v) is 18.5. The molecule has 2 aromatic rings. The Hall–Kier alpha value is -2.78. The molecule has 8 nitrogen and oxygen atoms in total. The maximum absolute atomic E-state index is 11.5. The Labute approximate surface area is 178 Å². The van der Waals surface area contributed by atoms with E-state index in [9.17, 15) is 13.2 Å². The number of amides is 1.